The van der Waals surface area contributed by atoms with E-state index in [1.807, 2.05) is 0 Å². The Labute approximate surface area is 114 Å². The van der Waals surface area contributed by atoms with Gasteiger partial charge >= 0.3 is 0 Å². The third-order valence-electron chi connectivity index (χ3n) is 2.94. The second-order valence-electron chi connectivity index (χ2n) is 4.58. The Balaban J connectivity index is 2.10. The minimum Gasteiger partial charge on any atom is -0.358 e. The first-order valence-corrected chi connectivity index (χ1v) is 6.67. The van der Waals surface area contributed by atoms with Crippen molar-refractivity contribution in [3.63, 3.8) is 0 Å². The van der Waals surface area contributed by atoms with Gasteiger partial charge in [0, 0.05) is 5.56 Å². The highest BCUT2D eigenvalue weighted by atomic mass is 32.2. The molecule has 1 aliphatic heterocycles. The van der Waals surface area contributed by atoms with Gasteiger partial charge in [0.2, 0.25) is 0 Å². The number of hydrogen-bond donors (Lipinski definition) is 1. The minimum absolute atomic E-state index is 0.328. The molecule has 2 rings (SSSR count). The summed E-state index contributed by atoms with van der Waals surface area (Å²) in [5.41, 5.74) is 0.479. The highest BCUT2D eigenvalue weighted by Gasteiger charge is 2.41. The van der Waals surface area contributed by atoms with E-state index in [1.165, 1.54) is 13.0 Å². The Morgan fingerprint density at radius 3 is 2.74 bits per heavy atom. The van der Waals surface area contributed by atoms with Crippen LogP contribution in [0.4, 0.5) is 8.78 Å². The van der Waals surface area contributed by atoms with Gasteiger partial charge in [0.15, 0.2) is 5.17 Å². The topological polar surface area (TPSA) is 41.5 Å². The van der Waals surface area contributed by atoms with Crippen molar-refractivity contribution in [3.05, 3.63) is 35.6 Å². The van der Waals surface area contributed by atoms with E-state index in [-0.39, 0.29) is 11.9 Å². The summed E-state index contributed by atoms with van der Waals surface area (Å²) >= 11 is 1.04. The van der Waals surface area contributed by atoms with Crippen molar-refractivity contribution in [2.45, 2.75) is 24.6 Å². The van der Waals surface area contributed by atoms with Crippen LogP contribution in [0.3, 0.4) is 0 Å². The summed E-state index contributed by atoms with van der Waals surface area (Å²) in [6.45, 7) is 2.49. The molecule has 0 saturated carbocycles. The van der Waals surface area contributed by atoms with Gasteiger partial charge in [-0.1, -0.05) is 30.0 Å². The summed E-state index contributed by atoms with van der Waals surface area (Å²) < 4.78 is 25.3. The molecule has 1 heterocycles. The van der Waals surface area contributed by atoms with Crippen LogP contribution in [0.15, 0.2) is 29.3 Å². The maximum absolute atomic E-state index is 13.6. The highest BCUT2D eigenvalue weighted by molar-refractivity contribution is 8.16. The Hall–Kier alpha value is -1.43. The number of aliphatic imine (C=N–C) groups is 1. The number of carbonyl (C=O) groups excluding carboxylic acids is 1. The molecule has 1 aromatic carbocycles. The zero-order chi connectivity index (χ0) is 14.0. The summed E-state index contributed by atoms with van der Waals surface area (Å²) in [6, 6.07) is 6.02. The smallest absolute Gasteiger partial charge is 0.267 e. The van der Waals surface area contributed by atoms with E-state index < -0.39 is 17.3 Å². The first kappa shape index (κ1) is 14.0. The zero-order valence-electron chi connectivity index (χ0n) is 10.6. The second-order valence-corrected chi connectivity index (χ2v) is 6.07. The lowest BCUT2D eigenvalue weighted by molar-refractivity contribution is -0.119. The van der Waals surface area contributed by atoms with Crippen LogP contribution in [0, 0.1) is 5.82 Å². The van der Waals surface area contributed by atoms with Crippen LogP contribution in [-0.2, 0) is 4.79 Å². The SMILES string of the molecule is C[C@H](NC1=NC(=O)[C@@](C)(CF)S1)c1ccccc1F. The summed E-state index contributed by atoms with van der Waals surface area (Å²) in [5, 5.41) is 3.28. The van der Waals surface area contributed by atoms with Gasteiger partial charge in [-0.2, -0.15) is 4.99 Å². The van der Waals surface area contributed by atoms with E-state index in [0.717, 1.165) is 11.8 Å². The number of hydrogen-bond acceptors (Lipinski definition) is 3. The van der Waals surface area contributed by atoms with Gasteiger partial charge in [-0.15, -0.1) is 0 Å². The van der Waals surface area contributed by atoms with Gasteiger partial charge in [0.05, 0.1) is 6.04 Å². The molecule has 1 aromatic rings. The van der Waals surface area contributed by atoms with Crippen LogP contribution < -0.4 is 5.32 Å². The third-order valence-corrected chi connectivity index (χ3v) is 4.08. The van der Waals surface area contributed by atoms with Gasteiger partial charge in [0.25, 0.3) is 5.91 Å². The van der Waals surface area contributed by atoms with Crippen LogP contribution in [-0.4, -0.2) is 22.5 Å². The molecule has 0 spiro atoms. The molecule has 102 valence electrons. The van der Waals surface area contributed by atoms with Crippen molar-refractivity contribution < 1.29 is 13.6 Å². The van der Waals surface area contributed by atoms with Crippen molar-refractivity contribution in [1.29, 1.82) is 0 Å². The number of nitrogens with one attached hydrogen (secondary N) is 1. The fraction of sp³-hybridized carbons (Fsp3) is 0.385. The van der Waals surface area contributed by atoms with Crippen LogP contribution in [0.5, 0.6) is 0 Å². The molecule has 1 aliphatic rings. The number of amides is 1. The lowest BCUT2D eigenvalue weighted by atomic mass is 10.1. The van der Waals surface area contributed by atoms with Gasteiger partial charge in [-0.05, 0) is 19.9 Å². The summed E-state index contributed by atoms with van der Waals surface area (Å²) in [7, 11) is 0. The molecular weight excluding hydrogens is 270 g/mol. The summed E-state index contributed by atoms with van der Waals surface area (Å²) in [6.07, 6.45) is 0. The molecule has 1 amide bonds. The van der Waals surface area contributed by atoms with Crippen molar-refractivity contribution in [3.8, 4) is 0 Å². The Morgan fingerprint density at radius 2 is 2.16 bits per heavy atom. The molecule has 0 radical (unpaired) electrons. The van der Waals surface area contributed by atoms with Crippen LogP contribution in [0.2, 0.25) is 0 Å². The molecule has 0 bridgehead atoms. The third kappa shape index (κ3) is 2.78. The first-order valence-electron chi connectivity index (χ1n) is 5.85. The number of halogens is 2. The Morgan fingerprint density at radius 1 is 1.47 bits per heavy atom. The zero-order valence-corrected chi connectivity index (χ0v) is 11.4. The van der Waals surface area contributed by atoms with Crippen LogP contribution in [0.1, 0.15) is 25.5 Å². The standard InChI is InChI=1S/C13H14F2N2OS/c1-8(9-5-3-4-6-10(9)15)16-12-17-11(18)13(2,7-14)19-12/h3-6,8H,7H2,1-2H3,(H,16,17,18)/t8-,13+/m0/s1. The largest absolute Gasteiger partial charge is 0.358 e. The van der Waals surface area contributed by atoms with Crippen molar-refractivity contribution in [1.82, 2.24) is 5.32 Å². The average molecular weight is 284 g/mol. The maximum atomic E-state index is 13.6. The lowest BCUT2D eigenvalue weighted by Crippen LogP contribution is -2.30. The van der Waals surface area contributed by atoms with Crippen LogP contribution >= 0.6 is 11.8 Å². The van der Waals surface area contributed by atoms with Crippen molar-refractivity contribution in [2.75, 3.05) is 6.67 Å². The quantitative estimate of drug-likeness (QED) is 0.928. The van der Waals surface area contributed by atoms with Gasteiger partial charge in [-0.25, -0.2) is 8.78 Å². The van der Waals surface area contributed by atoms with Crippen LogP contribution in [0.25, 0.3) is 0 Å². The van der Waals surface area contributed by atoms with E-state index in [2.05, 4.69) is 10.3 Å². The Bertz CT molecular complexity index is 535. The molecule has 0 saturated heterocycles. The molecule has 19 heavy (non-hydrogen) atoms. The average Bonchev–Trinajstić information content (AvgIpc) is 2.65. The predicted octanol–water partition coefficient (Wildman–Crippen LogP) is 2.83. The maximum Gasteiger partial charge on any atom is 0.267 e. The normalized spacial score (nSPS) is 24.2. The van der Waals surface area contributed by atoms with E-state index >= 15 is 0 Å². The molecule has 6 heteroatoms. The van der Waals surface area contributed by atoms with Crippen molar-refractivity contribution >= 4 is 22.8 Å². The highest BCUT2D eigenvalue weighted by Crippen LogP contribution is 2.34. The minimum atomic E-state index is -1.16. The number of thioether (sulfide) groups is 1. The molecule has 1 N–H and O–H groups in total. The first-order chi connectivity index (χ1) is 8.96. The summed E-state index contributed by atoms with van der Waals surface area (Å²) in [4.78, 5) is 15.3. The lowest BCUT2D eigenvalue weighted by Gasteiger charge is -2.18. The Kier molecular flexibility index (Phi) is 3.89. The molecule has 0 unspecified atom stereocenters. The number of benzene rings is 1. The molecule has 0 fully saturated rings. The predicted molar refractivity (Wildman–Crippen MR) is 72.4 cm³/mol. The van der Waals surface area contributed by atoms with E-state index in [9.17, 15) is 13.6 Å². The second kappa shape index (κ2) is 5.28. The van der Waals surface area contributed by atoms with Gasteiger partial charge < -0.3 is 5.32 Å². The van der Waals surface area contributed by atoms with Gasteiger partial charge in [0.1, 0.15) is 17.2 Å². The number of carbonyl (C=O) groups is 1. The van der Waals surface area contributed by atoms with E-state index in [1.54, 1.807) is 25.1 Å². The van der Waals surface area contributed by atoms with Crippen molar-refractivity contribution in [2.24, 2.45) is 4.99 Å². The molecule has 0 aliphatic carbocycles. The van der Waals surface area contributed by atoms with E-state index in [0.29, 0.717) is 10.7 Å². The fourth-order valence-corrected chi connectivity index (χ4v) is 2.70. The van der Waals surface area contributed by atoms with E-state index in [4.69, 9.17) is 0 Å². The number of nitrogens with zero attached hydrogens (tertiary/aromatic N) is 1. The monoisotopic (exact) mass is 284 g/mol. The molecular formula is C13H14F2N2OS. The number of amidine groups is 1. The van der Waals surface area contributed by atoms with Gasteiger partial charge in [-0.3, -0.25) is 4.79 Å². The summed E-state index contributed by atoms with van der Waals surface area (Å²) in [5.74, 6) is -0.825. The number of alkyl halides is 1. The molecule has 3 nitrogen and oxygen atoms in total. The molecule has 0 aromatic heterocycles. The number of rotatable bonds is 3. The molecule has 2 atom stereocenters. The fourth-order valence-electron chi connectivity index (χ4n) is 1.73.